The Bertz CT molecular complexity index is 441. The van der Waals surface area contributed by atoms with Crippen LogP contribution in [0, 0.1) is 0 Å². The van der Waals surface area contributed by atoms with Crippen LogP contribution in [0.2, 0.25) is 0 Å². The van der Waals surface area contributed by atoms with Crippen LogP contribution in [0.3, 0.4) is 0 Å². The molecule has 1 heterocycles. The van der Waals surface area contributed by atoms with Gasteiger partial charge in [-0.1, -0.05) is 0 Å². The highest BCUT2D eigenvalue weighted by Crippen LogP contribution is 2.23. The van der Waals surface area contributed by atoms with Crippen molar-refractivity contribution in [2.45, 2.75) is 0 Å². The Balaban J connectivity index is 2.57. The van der Waals surface area contributed by atoms with Crippen LogP contribution in [-0.2, 0) is 0 Å². The summed E-state index contributed by atoms with van der Waals surface area (Å²) in [5.41, 5.74) is 13.1. The molecule has 70 valence electrons. The fourth-order valence-electron chi connectivity index (χ4n) is 1.08. The van der Waals surface area contributed by atoms with Crippen molar-refractivity contribution in [3.8, 4) is 11.4 Å². The quantitative estimate of drug-likeness (QED) is 0.615. The average molecular weight is 188 g/mol. The fourth-order valence-corrected chi connectivity index (χ4v) is 1.08. The number of anilines is 2. The Morgan fingerprint density at radius 2 is 1.71 bits per heavy atom. The molecule has 2 aromatic rings. The predicted molar refractivity (Wildman–Crippen MR) is 51.9 cm³/mol. The smallest absolute Gasteiger partial charge is 0.205 e. The highest BCUT2D eigenvalue weighted by atomic mass is 15.3. The molecule has 0 bridgehead atoms. The minimum absolute atomic E-state index is 0.373. The maximum atomic E-state index is 5.73. The van der Waals surface area contributed by atoms with Crippen molar-refractivity contribution in [1.82, 2.24) is 20.4 Å². The summed E-state index contributed by atoms with van der Waals surface area (Å²) in [7, 11) is 0. The summed E-state index contributed by atoms with van der Waals surface area (Å²) in [5, 5.41) is 14.8. The van der Waals surface area contributed by atoms with E-state index in [2.05, 4.69) is 20.4 Å². The molecule has 0 spiro atoms. The maximum Gasteiger partial charge on any atom is 0.205 e. The Kier molecular flexibility index (Phi) is 1.94. The van der Waals surface area contributed by atoms with Gasteiger partial charge in [-0.05, 0) is 18.2 Å². The Hall–Kier alpha value is -2.24. The lowest BCUT2D eigenvalue weighted by molar-refractivity contribution is 0.865. The van der Waals surface area contributed by atoms with Crippen molar-refractivity contribution in [1.29, 1.82) is 0 Å². The first-order valence-corrected chi connectivity index (χ1v) is 3.93. The minimum Gasteiger partial charge on any atom is -0.399 e. The summed E-state index contributed by atoms with van der Waals surface area (Å²) in [6.45, 7) is 0. The molecule has 1 aromatic heterocycles. The zero-order valence-electron chi connectivity index (χ0n) is 7.25. The van der Waals surface area contributed by atoms with Crippen LogP contribution in [-0.4, -0.2) is 20.4 Å². The van der Waals surface area contributed by atoms with E-state index in [9.17, 15) is 0 Å². The van der Waals surface area contributed by atoms with Gasteiger partial charge in [0.05, 0.1) is 0 Å². The third-order valence-corrected chi connectivity index (χ3v) is 1.73. The lowest BCUT2D eigenvalue weighted by Crippen LogP contribution is -1.98. The van der Waals surface area contributed by atoms with Crippen LogP contribution < -0.4 is 11.5 Å². The van der Waals surface area contributed by atoms with Crippen LogP contribution in [0.25, 0.3) is 11.4 Å². The highest BCUT2D eigenvalue weighted by Gasteiger charge is 2.06. The molecule has 6 nitrogen and oxygen atoms in total. The number of nitrogens with two attached hydrogens (primary N) is 2. The van der Waals surface area contributed by atoms with Gasteiger partial charge >= 0.3 is 0 Å². The Morgan fingerprint density at radius 1 is 1.00 bits per heavy atom. The van der Waals surface area contributed by atoms with Gasteiger partial charge in [0.2, 0.25) is 5.82 Å². The molecule has 4 N–H and O–H groups in total. The Labute approximate surface area is 80.0 Å². The third-order valence-electron chi connectivity index (χ3n) is 1.73. The summed E-state index contributed by atoms with van der Waals surface area (Å²) >= 11 is 0. The zero-order valence-corrected chi connectivity index (χ0v) is 7.25. The predicted octanol–water partition coefficient (Wildman–Crippen LogP) is 0.0980. The second-order valence-electron chi connectivity index (χ2n) is 2.72. The van der Waals surface area contributed by atoms with E-state index in [1.165, 1.54) is 6.33 Å². The Morgan fingerprint density at radius 3 is 2.43 bits per heavy atom. The molecule has 14 heavy (non-hydrogen) atoms. The van der Waals surface area contributed by atoms with Gasteiger partial charge in [0.25, 0.3) is 0 Å². The monoisotopic (exact) mass is 188 g/mol. The van der Waals surface area contributed by atoms with Gasteiger partial charge in [0.15, 0.2) is 6.33 Å². The van der Waals surface area contributed by atoms with Gasteiger partial charge < -0.3 is 11.5 Å². The molecule has 0 amide bonds. The van der Waals surface area contributed by atoms with Gasteiger partial charge in [0, 0.05) is 16.9 Å². The lowest BCUT2D eigenvalue weighted by Gasteiger charge is -2.02. The van der Waals surface area contributed by atoms with Gasteiger partial charge in [0.1, 0.15) is 0 Å². The highest BCUT2D eigenvalue weighted by molar-refractivity contribution is 5.74. The van der Waals surface area contributed by atoms with Crippen molar-refractivity contribution in [3.63, 3.8) is 0 Å². The van der Waals surface area contributed by atoms with E-state index in [4.69, 9.17) is 11.5 Å². The minimum atomic E-state index is 0.373. The van der Waals surface area contributed by atoms with Gasteiger partial charge in [-0.2, -0.15) is 0 Å². The van der Waals surface area contributed by atoms with Crippen molar-refractivity contribution in [2.24, 2.45) is 0 Å². The van der Waals surface area contributed by atoms with Gasteiger partial charge in [-0.15, -0.1) is 20.4 Å². The zero-order chi connectivity index (χ0) is 9.97. The van der Waals surface area contributed by atoms with Crippen LogP contribution in [0.15, 0.2) is 24.5 Å². The van der Waals surface area contributed by atoms with E-state index >= 15 is 0 Å². The maximum absolute atomic E-state index is 5.73. The molecule has 0 aliphatic carbocycles. The molecule has 0 aliphatic heterocycles. The first-order valence-electron chi connectivity index (χ1n) is 3.93. The summed E-state index contributed by atoms with van der Waals surface area (Å²) < 4.78 is 0. The van der Waals surface area contributed by atoms with Crippen LogP contribution >= 0.6 is 0 Å². The molecule has 0 fully saturated rings. The van der Waals surface area contributed by atoms with E-state index in [-0.39, 0.29) is 0 Å². The fraction of sp³-hybridized carbons (Fsp3) is 0. The summed E-state index contributed by atoms with van der Waals surface area (Å²) in [5.74, 6) is 0.373. The average Bonchev–Trinajstić information content (AvgIpc) is 2.23. The second kappa shape index (κ2) is 3.25. The number of aromatic nitrogens is 4. The number of rotatable bonds is 1. The topological polar surface area (TPSA) is 104 Å². The van der Waals surface area contributed by atoms with E-state index in [0.29, 0.717) is 22.8 Å². The first-order chi connectivity index (χ1) is 6.77. The van der Waals surface area contributed by atoms with Crippen LogP contribution in [0.5, 0.6) is 0 Å². The molecule has 0 unspecified atom stereocenters. The largest absolute Gasteiger partial charge is 0.399 e. The van der Waals surface area contributed by atoms with Crippen LogP contribution in [0.1, 0.15) is 0 Å². The SMILES string of the molecule is Nc1ccc(N)c(-c2nncnn2)c1. The van der Waals surface area contributed by atoms with Crippen molar-refractivity contribution in [3.05, 3.63) is 24.5 Å². The van der Waals surface area contributed by atoms with E-state index < -0.39 is 0 Å². The molecular formula is C8H8N6. The molecule has 1 aromatic carbocycles. The van der Waals surface area contributed by atoms with E-state index in [0.717, 1.165) is 0 Å². The summed E-state index contributed by atoms with van der Waals surface area (Å²) in [6, 6.07) is 5.09. The number of benzene rings is 1. The lowest BCUT2D eigenvalue weighted by atomic mass is 10.1. The van der Waals surface area contributed by atoms with Crippen molar-refractivity contribution < 1.29 is 0 Å². The van der Waals surface area contributed by atoms with E-state index in [1.54, 1.807) is 18.2 Å². The second-order valence-corrected chi connectivity index (χ2v) is 2.72. The van der Waals surface area contributed by atoms with Crippen LogP contribution in [0.4, 0.5) is 11.4 Å². The molecule has 0 radical (unpaired) electrons. The van der Waals surface area contributed by atoms with Gasteiger partial charge in [-0.3, -0.25) is 0 Å². The summed E-state index contributed by atoms with van der Waals surface area (Å²) in [6.07, 6.45) is 1.26. The molecule has 2 rings (SSSR count). The number of nitrogens with zero attached hydrogens (tertiary/aromatic N) is 4. The molecule has 0 saturated carbocycles. The molecule has 0 atom stereocenters. The number of hydrogen-bond donors (Lipinski definition) is 2. The number of nitrogen functional groups attached to an aromatic ring is 2. The summed E-state index contributed by atoms with van der Waals surface area (Å²) in [4.78, 5) is 0. The third kappa shape index (κ3) is 1.45. The number of hydrogen-bond acceptors (Lipinski definition) is 6. The van der Waals surface area contributed by atoms with Gasteiger partial charge in [-0.25, -0.2) is 0 Å². The van der Waals surface area contributed by atoms with Crippen molar-refractivity contribution in [2.75, 3.05) is 11.5 Å². The van der Waals surface area contributed by atoms with Crippen molar-refractivity contribution >= 4 is 11.4 Å². The normalized spacial score (nSPS) is 10.0. The first kappa shape index (κ1) is 8.36. The molecule has 0 saturated heterocycles. The standard InChI is InChI=1S/C8H8N6/c9-5-1-2-7(10)6(3-5)8-13-11-4-12-14-8/h1-4H,9-10H2. The molecular weight excluding hydrogens is 180 g/mol. The molecule has 6 heteroatoms. The molecule has 0 aliphatic rings. The van der Waals surface area contributed by atoms with E-state index in [1.807, 2.05) is 0 Å².